The number of hydrogen-bond donors (Lipinski definition) is 1. The van der Waals surface area contributed by atoms with E-state index in [9.17, 15) is 18.0 Å². The van der Waals surface area contributed by atoms with Gasteiger partial charge in [-0.25, -0.2) is 8.42 Å². The van der Waals surface area contributed by atoms with Crippen molar-refractivity contribution in [2.24, 2.45) is 4.99 Å². The second kappa shape index (κ2) is 9.06. The molecule has 0 aliphatic carbocycles. The average Bonchev–Trinajstić information content (AvgIpc) is 3.03. The summed E-state index contributed by atoms with van der Waals surface area (Å²) in [7, 11) is -4.13. The number of aliphatic imine (C=N–C) groups is 1. The van der Waals surface area contributed by atoms with Crippen LogP contribution < -0.4 is 5.32 Å². The molecule has 2 aromatic rings. The van der Waals surface area contributed by atoms with Crippen LogP contribution in [-0.4, -0.2) is 41.5 Å². The van der Waals surface area contributed by atoms with E-state index < -0.39 is 21.2 Å². The minimum atomic E-state index is -4.13. The number of carbonyl (C=O) groups excluding carboxylic acids is 2. The third-order valence-corrected chi connectivity index (χ3v) is 6.95. The summed E-state index contributed by atoms with van der Waals surface area (Å²) in [4.78, 5) is 29.4. The summed E-state index contributed by atoms with van der Waals surface area (Å²) >= 11 is 0.966. The normalized spacial score (nSPS) is 18.1. The lowest BCUT2D eigenvalue weighted by molar-refractivity contribution is -0.125. The molecule has 1 fully saturated rings. The maximum atomic E-state index is 13.0. The van der Waals surface area contributed by atoms with Crippen LogP contribution >= 0.6 is 11.8 Å². The SMILES string of the molecule is C=CCN=C1S[C@H](CC(=O)Nc2ccccc2)C(=O)N1S(=O)(=O)c1ccccc1. The molecule has 1 aliphatic rings. The molecule has 0 saturated carbocycles. The van der Waals surface area contributed by atoms with E-state index in [-0.39, 0.29) is 28.9 Å². The van der Waals surface area contributed by atoms with Gasteiger partial charge in [0.15, 0.2) is 5.17 Å². The molecule has 0 aromatic heterocycles. The van der Waals surface area contributed by atoms with Gasteiger partial charge in [-0.2, -0.15) is 4.31 Å². The summed E-state index contributed by atoms with van der Waals surface area (Å²) in [5, 5.41) is 1.85. The molecule has 0 spiro atoms. The van der Waals surface area contributed by atoms with Crippen molar-refractivity contribution in [2.45, 2.75) is 16.6 Å². The molecule has 3 rings (SSSR count). The van der Waals surface area contributed by atoms with Crippen LogP contribution in [0.2, 0.25) is 0 Å². The first-order valence-electron chi connectivity index (χ1n) is 8.74. The molecule has 2 aromatic carbocycles. The number of hydrogen-bond acceptors (Lipinski definition) is 6. The number of benzene rings is 2. The van der Waals surface area contributed by atoms with Crippen molar-refractivity contribution >= 4 is 44.5 Å². The fraction of sp³-hybridized carbons (Fsp3) is 0.150. The van der Waals surface area contributed by atoms with Gasteiger partial charge in [-0.15, -0.1) is 6.58 Å². The lowest BCUT2D eigenvalue weighted by Crippen LogP contribution is -2.38. The smallest absolute Gasteiger partial charge is 0.272 e. The van der Waals surface area contributed by atoms with Crippen LogP contribution in [0.25, 0.3) is 0 Å². The maximum Gasteiger partial charge on any atom is 0.272 e. The second-order valence-electron chi connectivity index (χ2n) is 6.06. The van der Waals surface area contributed by atoms with E-state index in [0.29, 0.717) is 9.99 Å². The number of nitrogens with one attached hydrogen (secondary N) is 1. The number of nitrogens with zero attached hydrogens (tertiary/aromatic N) is 2. The van der Waals surface area contributed by atoms with Gasteiger partial charge in [-0.3, -0.25) is 14.6 Å². The van der Waals surface area contributed by atoms with Crippen molar-refractivity contribution in [3.63, 3.8) is 0 Å². The van der Waals surface area contributed by atoms with Gasteiger partial charge < -0.3 is 5.32 Å². The Labute approximate surface area is 173 Å². The molecule has 2 amide bonds. The number of amides is 2. The van der Waals surface area contributed by atoms with Gasteiger partial charge in [-0.1, -0.05) is 54.2 Å². The van der Waals surface area contributed by atoms with E-state index in [1.165, 1.54) is 18.2 Å². The van der Waals surface area contributed by atoms with Crippen LogP contribution in [0.15, 0.2) is 83.2 Å². The van der Waals surface area contributed by atoms with Crippen molar-refractivity contribution < 1.29 is 18.0 Å². The van der Waals surface area contributed by atoms with Crippen molar-refractivity contribution in [1.29, 1.82) is 0 Å². The summed E-state index contributed by atoms with van der Waals surface area (Å²) in [6, 6.07) is 16.5. The highest BCUT2D eigenvalue weighted by atomic mass is 32.2. The van der Waals surface area contributed by atoms with Gasteiger partial charge in [0.1, 0.15) is 5.25 Å². The van der Waals surface area contributed by atoms with Crippen molar-refractivity contribution in [3.8, 4) is 0 Å². The summed E-state index contributed by atoms with van der Waals surface area (Å²) in [5.41, 5.74) is 0.599. The average molecular weight is 430 g/mol. The molecule has 1 heterocycles. The molecular weight excluding hydrogens is 410 g/mol. The first-order valence-corrected chi connectivity index (χ1v) is 11.1. The summed E-state index contributed by atoms with van der Waals surface area (Å²) in [5.74, 6) is -1.08. The van der Waals surface area contributed by atoms with E-state index in [4.69, 9.17) is 0 Å². The van der Waals surface area contributed by atoms with Crippen molar-refractivity contribution in [1.82, 2.24) is 4.31 Å². The predicted octanol–water partition coefficient (Wildman–Crippen LogP) is 2.89. The highest BCUT2D eigenvalue weighted by Gasteiger charge is 2.46. The van der Waals surface area contributed by atoms with Crippen LogP contribution in [0.5, 0.6) is 0 Å². The molecule has 29 heavy (non-hydrogen) atoms. The Balaban J connectivity index is 1.84. The summed E-state index contributed by atoms with van der Waals surface area (Å²) < 4.78 is 26.7. The number of amidine groups is 1. The standard InChI is InChI=1S/C20H19N3O4S2/c1-2-13-21-20-23(29(26,27)16-11-7-4-8-12-16)19(25)17(28-20)14-18(24)22-15-9-5-3-6-10-15/h2-12,17H,1,13-14H2,(H,22,24)/t17-/m1/s1. The Bertz CT molecular complexity index is 1040. The Kier molecular flexibility index (Phi) is 6.50. The third-order valence-electron chi connectivity index (χ3n) is 3.96. The third kappa shape index (κ3) is 4.75. The fourth-order valence-electron chi connectivity index (χ4n) is 2.64. The molecule has 150 valence electrons. The number of anilines is 1. The molecule has 0 unspecified atom stereocenters. The van der Waals surface area contributed by atoms with E-state index in [0.717, 1.165) is 11.8 Å². The highest BCUT2D eigenvalue weighted by Crippen LogP contribution is 2.34. The summed E-state index contributed by atoms with van der Waals surface area (Å²) in [6.07, 6.45) is 1.33. The molecular formula is C20H19N3O4S2. The van der Waals surface area contributed by atoms with Crippen LogP contribution in [-0.2, 0) is 19.6 Å². The molecule has 1 N–H and O–H groups in total. The Morgan fingerprint density at radius 3 is 2.38 bits per heavy atom. The van der Waals surface area contributed by atoms with Gasteiger partial charge in [-0.05, 0) is 24.3 Å². The van der Waals surface area contributed by atoms with Crippen LogP contribution in [0.3, 0.4) is 0 Å². The minimum absolute atomic E-state index is 0.0189. The molecule has 0 radical (unpaired) electrons. The molecule has 1 saturated heterocycles. The van der Waals surface area contributed by atoms with E-state index in [1.807, 2.05) is 6.07 Å². The summed E-state index contributed by atoms with van der Waals surface area (Å²) in [6.45, 7) is 3.72. The zero-order valence-electron chi connectivity index (χ0n) is 15.4. The Hall–Kier alpha value is -2.91. The Morgan fingerprint density at radius 1 is 1.14 bits per heavy atom. The molecule has 9 heteroatoms. The molecule has 0 bridgehead atoms. The van der Waals surface area contributed by atoms with Crippen molar-refractivity contribution in [2.75, 3.05) is 11.9 Å². The topological polar surface area (TPSA) is 95.9 Å². The zero-order valence-corrected chi connectivity index (χ0v) is 17.0. The lowest BCUT2D eigenvalue weighted by Gasteiger charge is -2.16. The maximum absolute atomic E-state index is 13.0. The van der Waals surface area contributed by atoms with Gasteiger partial charge in [0, 0.05) is 12.1 Å². The first kappa shape index (κ1) is 20.8. The van der Waals surface area contributed by atoms with Crippen molar-refractivity contribution in [3.05, 3.63) is 73.3 Å². The minimum Gasteiger partial charge on any atom is -0.326 e. The number of carbonyl (C=O) groups is 2. The molecule has 1 atom stereocenters. The largest absolute Gasteiger partial charge is 0.326 e. The molecule has 7 nitrogen and oxygen atoms in total. The highest BCUT2D eigenvalue weighted by molar-refractivity contribution is 8.17. The number of rotatable bonds is 7. The molecule has 1 aliphatic heterocycles. The van der Waals surface area contributed by atoms with Gasteiger partial charge in [0.2, 0.25) is 5.91 Å². The lowest BCUT2D eigenvalue weighted by atomic mass is 10.2. The van der Waals surface area contributed by atoms with E-state index in [2.05, 4.69) is 16.9 Å². The second-order valence-corrected chi connectivity index (χ2v) is 9.01. The number of para-hydroxylation sites is 1. The fourth-order valence-corrected chi connectivity index (χ4v) is 5.50. The number of thioether (sulfide) groups is 1. The van der Waals surface area contributed by atoms with Gasteiger partial charge >= 0.3 is 0 Å². The van der Waals surface area contributed by atoms with E-state index >= 15 is 0 Å². The Morgan fingerprint density at radius 2 is 1.76 bits per heavy atom. The van der Waals surface area contributed by atoms with Crippen LogP contribution in [0, 0.1) is 0 Å². The predicted molar refractivity (Wildman–Crippen MR) is 114 cm³/mol. The monoisotopic (exact) mass is 429 g/mol. The zero-order chi connectivity index (χ0) is 20.9. The van der Waals surface area contributed by atoms with Crippen LogP contribution in [0.1, 0.15) is 6.42 Å². The van der Waals surface area contributed by atoms with Gasteiger partial charge in [0.05, 0.1) is 11.4 Å². The number of sulfonamides is 1. The van der Waals surface area contributed by atoms with E-state index in [1.54, 1.807) is 42.5 Å². The first-order chi connectivity index (χ1) is 13.9. The quantitative estimate of drug-likeness (QED) is 0.683. The van der Waals surface area contributed by atoms with Gasteiger partial charge in [0.25, 0.3) is 15.9 Å². The van der Waals surface area contributed by atoms with Crippen LogP contribution in [0.4, 0.5) is 5.69 Å².